The molecule has 2 aromatic rings. The number of aromatic amines is 1. The predicted molar refractivity (Wildman–Crippen MR) is 52.6 cm³/mol. The summed E-state index contributed by atoms with van der Waals surface area (Å²) in [6, 6.07) is 10.4. The second-order valence-corrected chi connectivity index (χ2v) is 3.19. The third kappa shape index (κ3) is 1.78. The molecule has 0 aliphatic carbocycles. The van der Waals surface area contributed by atoms with Gasteiger partial charge in [-0.3, -0.25) is 5.10 Å². The van der Waals surface area contributed by atoms with Crippen molar-refractivity contribution in [1.29, 1.82) is 0 Å². The quantitative estimate of drug-likeness (QED) is 0.739. The first-order valence-electron chi connectivity index (χ1n) is 4.39. The van der Waals surface area contributed by atoms with E-state index in [9.17, 15) is 0 Å². The fourth-order valence-electron chi connectivity index (χ4n) is 1.35. The summed E-state index contributed by atoms with van der Waals surface area (Å²) < 4.78 is 0. The SMILES string of the molecule is Cc1cn[nH]c1Cc1ccccc1. The predicted octanol–water partition coefficient (Wildman–Crippen LogP) is 2.31. The standard InChI is InChI=1S/C11H12N2/c1-9-8-12-13-11(9)7-10-5-3-2-4-6-10/h2-6,8H,7H2,1H3,(H,12,13). The molecule has 1 N–H and O–H groups in total. The lowest BCUT2D eigenvalue weighted by Crippen LogP contribution is -1.89. The first-order valence-corrected chi connectivity index (χ1v) is 4.39. The molecule has 0 bridgehead atoms. The molecule has 0 radical (unpaired) electrons. The fraction of sp³-hybridized carbons (Fsp3) is 0.182. The molecule has 0 saturated carbocycles. The van der Waals surface area contributed by atoms with Crippen LogP contribution in [0, 0.1) is 6.92 Å². The zero-order valence-corrected chi connectivity index (χ0v) is 7.62. The Morgan fingerprint density at radius 3 is 2.62 bits per heavy atom. The molecule has 0 aliphatic rings. The van der Waals surface area contributed by atoms with Crippen molar-refractivity contribution in [3.05, 3.63) is 53.3 Å². The van der Waals surface area contributed by atoms with Gasteiger partial charge in [-0.2, -0.15) is 5.10 Å². The monoisotopic (exact) mass is 172 g/mol. The molecule has 0 fully saturated rings. The molecule has 1 heterocycles. The number of aromatic nitrogens is 2. The molecule has 0 spiro atoms. The van der Waals surface area contributed by atoms with Gasteiger partial charge in [0.25, 0.3) is 0 Å². The van der Waals surface area contributed by atoms with Crippen molar-refractivity contribution in [2.24, 2.45) is 0 Å². The summed E-state index contributed by atoms with van der Waals surface area (Å²) >= 11 is 0. The number of benzene rings is 1. The number of nitrogens with zero attached hydrogens (tertiary/aromatic N) is 1. The maximum absolute atomic E-state index is 3.99. The van der Waals surface area contributed by atoms with Gasteiger partial charge >= 0.3 is 0 Å². The Bertz CT molecular complexity index is 376. The van der Waals surface area contributed by atoms with Crippen molar-refractivity contribution >= 4 is 0 Å². The van der Waals surface area contributed by atoms with Gasteiger partial charge in [0.05, 0.1) is 6.20 Å². The fourth-order valence-corrected chi connectivity index (χ4v) is 1.35. The highest BCUT2D eigenvalue weighted by Crippen LogP contribution is 2.09. The van der Waals surface area contributed by atoms with Gasteiger partial charge in [0, 0.05) is 12.1 Å². The number of H-pyrrole nitrogens is 1. The van der Waals surface area contributed by atoms with E-state index in [1.165, 1.54) is 16.8 Å². The topological polar surface area (TPSA) is 28.7 Å². The Morgan fingerprint density at radius 1 is 1.23 bits per heavy atom. The van der Waals surface area contributed by atoms with Crippen LogP contribution in [-0.4, -0.2) is 10.2 Å². The van der Waals surface area contributed by atoms with E-state index in [-0.39, 0.29) is 0 Å². The largest absolute Gasteiger partial charge is 0.282 e. The molecule has 0 unspecified atom stereocenters. The summed E-state index contributed by atoms with van der Waals surface area (Å²) in [7, 11) is 0. The van der Waals surface area contributed by atoms with Crippen molar-refractivity contribution in [2.75, 3.05) is 0 Å². The highest BCUT2D eigenvalue weighted by molar-refractivity contribution is 5.24. The van der Waals surface area contributed by atoms with Crippen LogP contribution in [0.15, 0.2) is 36.5 Å². The van der Waals surface area contributed by atoms with Crippen LogP contribution in [0.3, 0.4) is 0 Å². The van der Waals surface area contributed by atoms with Crippen molar-refractivity contribution in [1.82, 2.24) is 10.2 Å². The van der Waals surface area contributed by atoms with Gasteiger partial charge in [0.1, 0.15) is 0 Å². The first kappa shape index (κ1) is 8.05. The van der Waals surface area contributed by atoms with Crippen LogP contribution in [0.25, 0.3) is 0 Å². The molecule has 0 atom stereocenters. The van der Waals surface area contributed by atoms with E-state index >= 15 is 0 Å². The summed E-state index contributed by atoms with van der Waals surface area (Å²) in [4.78, 5) is 0. The van der Waals surface area contributed by atoms with Gasteiger partial charge in [-0.25, -0.2) is 0 Å². The van der Waals surface area contributed by atoms with Crippen molar-refractivity contribution in [2.45, 2.75) is 13.3 Å². The average molecular weight is 172 g/mol. The highest BCUT2D eigenvalue weighted by Gasteiger charge is 2.00. The molecular weight excluding hydrogens is 160 g/mol. The van der Waals surface area contributed by atoms with Gasteiger partial charge in [0.15, 0.2) is 0 Å². The van der Waals surface area contributed by atoms with E-state index in [4.69, 9.17) is 0 Å². The number of nitrogens with one attached hydrogen (secondary N) is 1. The molecule has 0 amide bonds. The number of rotatable bonds is 2. The van der Waals surface area contributed by atoms with Crippen molar-refractivity contribution in [3.63, 3.8) is 0 Å². The zero-order chi connectivity index (χ0) is 9.10. The number of hydrogen-bond donors (Lipinski definition) is 1. The lowest BCUT2D eigenvalue weighted by Gasteiger charge is -1.98. The lowest BCUT2D eigenvalue weighted by atomic mass is 10.1. The van der Waals surface area contributed by atoms with Gasteiger partial charge < -0.3 is 0 Å². The molecular formula is C11H12N2. The first-order chi connectivity index (χ1) is 6.36. The molecule has 2 nitrogen and oxygen atoms in total. The van der Waals surface area contributed by atoms with E-state index in [1.807, 2.05) is 12.3 Å². The molecule has 0 saturated heterocycles. The number of hydrogen-bond acceptors (Lipinski definition) is 1. The Morgan fingerprint density at radius 2 is 2.00 bits per heavy atom. The normalized spacial score (nSPS) is 10.2. The third-order valence-corrected chi connectivity index (χ3v) is 2.16. The Balaban J connectivity index is 2.20. The molecule has 1 aromatic heterocycles. The zero-order valence-electron chi connectivity index (χ0n) is 7.62. The van der Waals surface area contributed by atoms with Crippen LogP contribution in [0.2, 0.25) is 0 Å². The average Bonchev–Trinajstić information content (AvgIpc) is 2.54. The maximum atomic E-state index is 3.99. The van der Waals surface area contributed by atoms with E-state index < -0.39 is 0 Å². The minimum Gasteiger partial charge on any atom is -0.282 e. The lowest BCUT2D eigenvalue weighted by molar-refractivity contribution is 0.991. The molecule has 2 rings (SSSR count). The summed E-state index contributed by atoms with van der Waals surface area (Å²) in [5, 5.41) is 7.00. The van der Waals surface area contributed by atoms with Crippen LogP contribution in [-0.2, 0) is 6.42 Å². The van der Waals surface area contributed by atoms with E-state index in [1.54, 1.807) is 0 Å². The van der Waals surface area contributed by atoms with Crippen molar-refractivity contribution in [3.8, 4) is 0 Å². The van der Waals surface area contributed by atoms with Crippen LogP contribution >= 0.6 is 0 Å². The Kier molecular flexibility index (Phi) is 2.13. The van der Waals surface area contributed by atoms with Gasteiger partial charge in [-0.05, 0) is 18.1 Å². The Hall–Kier alpha value is -1.57. The summed E-state index contributed by atoms with van der Waals surface area (Å²) in [5.41, 5.74) is 3.74. The van der Waals surface area contributed by atoms with Crippen molar-refractivity contribution < 1.29 is 0 Å². The van der Waals surface area contributed by atoms with Gasteiger partial charge in [-0.1, -0.05) is 30.3 Å². The van der Waals surface area contributed by atoms with E-state index in [0.717, 1.165) is 6.42 Å². The molecule has 1 aromatic carbocycles. The van der Waals surface area contributed by atoms with Crippen LogP contribution in [0.1, 0.15) is 16.8 Å². The van der Waals surface area contributed by atoms with Gasteiger partial charge in [-0.15, -0.1) is 0 Å². The van der Waals surface area contributed by atoms with E-state index in [0.29, 0.717) is 0 Å². The smallest absolute Gasteiger partial charge is 0.0519 e. The summed E-state index contributed by atoms with van der Waals surface area (Å²) in [6.45, 7) is 2.07. The number of aryl methyl sites for hydroxylation is 1. The minimum atomic E-state index is 0.937. The summed E-state index contributed by atoms with van der Waals surface area (Å²) in [6.07, 6.45) is 2.80. The molecule has 66 valence electrons. The van der Waals surface area contributed by atoms with Crippen LogP contribution < -0.4 is 0 Å². The minimum absolute atomic E-state index is 0.937. The second kappa shape index (κ2) is 3.44. The maximum Gasteiger partial charge on any atom is 0.0519 e. The molecule has 2 heteroatoms. The highest BCUT2D eigenvalue weighted by atomic mass is 15.1. The van der Waals surface area contributed by atoms with Gasteiger partial charge in [0.2, 0.25) is 0 Å². The summed E-state index contributed by atoms with van der Waals surface area (Å²) in [5.74, 6) is 0. The third-order valence-electron chi connectivity index (χ3n) is 2.16. The van der Waals surface area contributed by atoms with Crippen LogP contribution in [0.5, 0.6) is 0 Å². The molecule has 13 heavy (non-hydrogen) atoms. The molecule has 0 aliphatic heterocycles. The Labute approximate surface area is 77.6 Å². The second-order valence-electron chi connectivity index (χ2n) is 3.19. The van der Waals surface area contributed by atoms with Crippen LogP contribution in [0.4, 0.5) is 0 Å². The van der Waals surface area contributed by atoms with E-state index in [2.05, 4.69) is 41.4 Å².